The van der Waals surface area contributed by atoms with Crippen molar-refractivity contribution >= 4 is 17.7 Å². The van der Waals surface area contributed by atoms with Gasteiger partial charge in [0.1, 0.15) is 5.82 Å². The Bertz CT molecular complexity index is 990. The normalized spacial score (nSPS) is 12.0. The quantitative estimate of drug-likeness (QED) is 0.593. The molecule has 0 fully saturated rings. The number of halogens is 1. The third kappa shape index (κ3) is 4.39. The number of amides is 1. The van der Waals surface area contributed by atoms with E-state index in [9.17, 15) is 9.18 Å². The summed E-state index contributed by atoms with van der Waals surface area (Å²) in [4.78, 5) is 14.3. The zero-order chi connectivity index (χ0) is 20.3. The third-order valence-electron chi connectivity index (χ3n) is 4.56. The fraction of sp³-hybridized carbons (Fsp3) is 0.300. The number of aryl methyl sites for hydroxylation is 1. The van der Waals surface area contributed by atoms with Crippen molar-refractivity contribution in [2.45, 2.75) is 37.7 Å². The van der Waals surface area contributed by atoms with Gasteiger partial charge in [-0.15, -0.1) is 5.10 Å². The van der Waals surface area contributed by atoms with E-state index in [1.54, 1.807) is 28.8 Å². The molecule has 0 aliphatic rings. The van der Waals surface area contributed by atoms with Crippen LogP contribution in [0.15, 0.2) is 47.6 Å². The molecule has 0 N–H and O–H groups in total. The van der Waals surface area contributed by atoms with Crippen LogP contribution in [0.2, 0.25) is 0 Å². The Morgan fingerprint density at radius 3 is 2.75 bits per heavy atom. The fourth-order valence-electron chi connectivity index (χ4n) is 2.87. The van der Waals surface area contributed by atoms with Gasteiger partial charge in [-0.1, -0.05) is 36.0 Å². The number of rotatable bonds is 6. The lowest BCUT2D eigenvalue weighted by Crippen LogP contribution is -2.33. The number of tetrazole rings is 1. The second-order valence-electron chi connectivity index (χ2n) is 6.68. The van der Waals surface area contributed by atoms with Crippen LogP contribution in [-0.2, 0) is 11.3 Å². The molecule has 6 nitrogen and oxygen atoms in total. The van der Waals surface area contributed by atoms with Gasteiger partial charge in [0, 0.05) is 13.6 Å². The van der Waals surface area contributed by atoms with Gasteiger partial charge in [-0.05, 0) is 66.1 Å². The van der Waals surface area contributed by atoms with E-state index in [0.717, 1.165) is 22.4 Å². The first-order chi connectivity index (χ1) is 13.4. The lowest BCUT2D eigenvalue weighted by atomic mass is 10.1. The van der Waals surface area contributed by atoms with Crippen molar-refractivity contribution in [2.75, 3.05) is 7.05 Å². The summed E-state index contributed by atoms with van der Waals surface area (Å²) in [5.41, 5.74) is 3.86. The molecule has 8 heteroatoms. The summed E-state index contributed by atoms with van der Waals surface area (Å²) in [5.74, 6) is -0.391. The Kier molecular flexibility index (Phi) is 6.08. The minimum atomic E-state index is -0.395. The average molecular weight is 399 g/mol. The van der Waals surface area contributed by atoms with E-state index in [2.05, 4.69) is 15.5 Å². The summed E-state index contributed by atoms with van der Waals surface area (Å²) in [6.07, 6.45) is 0. The van der Waals surface area contributed by atoms with Crippen LogP contribution in [0.3, 0.4) is 0 Å². The van der Waals surface area contributed by atoms with Crippen molar-refractivity contribution in [3.8, 4) is 5.69 Å². The molecule has 1 atom stereocenters. The predicted octanol–water partition coefficient (Wildman–Crippen LogP) is 3.56. The smallest absolute Gasteiger partial charge is 0.235 e. The molecule has 3 aromatic rings. The summed E-state index contributed by atoms with van der Waals surface area (Å²) >= 11 is 1.30. The lowest BCUT2D eigenvalue weighted by Gasteiger charge is -2.21. The van der Waals surface area contributed by atoms with Crippen LogP contribution in [0.5, 0.6) is 0 Å². The molecule has 3 rings (SSSR count). The first-order valence-electron chi connectivity index (χ1n) is 8.88. The number of carbonyl (C=O) groups excluding carboxylic acids is 1. The van der Waals surface area contributed by atoms with Crippen LogP contribution in [0, 0.1) is 19.7 Å². The Labute approximate surface area is 167 Å². The molecule has 1 aromatic heterocycles. The molecule has 0 aliphatic heterocycles. The highest BCUT2D eigenvalue weighted by Gasteiger charge is 2.23. The van der Waals surface area contributed by atoms with Gasteiger partial charge in [-0.3, -0.25) is 4.79 Å². The number of aromatic nitrogens is 4. The van der Waals surface area contributed by atoms with E-state index < -0.39 is 5.25 Å². The molecule has 28 heavy (non-hydrogen) atoms. The predicted molar refractivity (Wildman–Crippen MR) is 107 cm³/mol. The molecular weight excluding hydrogens is 377 g/mol. The highest BCUT2D eigenvalue weighted by molar-refractivity contribution is 8.00. The molecule has 0 aliphatic carbocycles. The monoisotopic (exact) mass is 399 g/mol. The van der Waals surface area contributed by atoms with Crippen LogP contribution >= 0.6 is 11.8 Å². The minimum Gasteiger partial charge on any atom is -0.340 e. The Balaban J connectivity index is 1.73. The van der Waals surface area contributed by atoms with Crippen LogP contribution in [0.4, 0.5) is 4.39 Å². The second kappa shape index (κ2) is 8.52. The fourth-order valence-corrected chi connectivity index (χ4v) is 3.79. The van der Waals surface area contributed by atoms with Crippen molar-refractivity contribution in [3.63, 3.8) is 0 Å². The van der Waals surface area contributed by atoms with Crippen LogP contribution < -0.4 is 0 Å². The molecule has 0 spiro atoms. The summed E-state index contributed by atoms with van der Waals surface area (Å²) in [7, 11) is 1.71. The zero-order valence-corrected chi connectivity index (χ0v) is 17.1. The van der Waals surface area contributed by atoms with E-state index in [4.69, 9.17) is 0 Å². The van der Waals surface area contributed by atoms with Crippen molar-refractivity contribution < 1.29 is 9.18 Å². The van der Waals surface area contributed by atoms with E-state index in [-0.39, 0.29) is 11.7 Å². The van der Waals surface area contributed by atoms with Gasteiger partial charge in [-0.25, -0.2) is 4.39 Å². The molecule has 0 saturated heterocycles. The van der Waals surface area contributed by atoms with Gasteiger partial charge in [0.05, 0.1) is 10.9 Å². The number of hydrogen-bond acceptors (Lipinski definition) is 5. The number of nitrogens with zero attached hydrogens (tertiary/aromatic N) is 5. The molecule has 2 aromatic carbocycles. The largest absolute Gasteiger partial charge is 0.340 e. The molecule has 1 amide bonds. The van der Waals surface area contributed by atoms with Crippen LogP contribution in [-0.4, -0.2) is 43.3 Å². The maximum absolute atomic E-state index is 13.4. The molecule has 0 saturated carbocycles. The maximum atomic E-state index is 13.4. The molecule has 146 valence electrons. The van der Waals surface area contributed by atoms with Gasteiger partial charge >= 0.3 is 0 Å². The highest BCUT2D eigenvalue weighted by Crippen LogP contribution is 2.26. The number of thioether (sulfide) groups is 1. The van der Waals surface area contributed by atoms with Gasteiger partial charge in [0.25, 0.3) is 0 Å². The molecule has 1 heterocycles. The summed E-state index contributed by atoms with van der Waals surface area (Å²) in [5, 5.41) is 12.1. The van der Waals surface area contributed by atoms with E-state index in [1.807, 2.05) is 39.0 Å². The standard InChI is InChI=1S/C20H22FN5OS/c1-13-7-5-10-18(14(13)2)26-20(22-23-24-26)28-15(3)19(27)25(4)12-16-8-6-9-17(21)11-16/h5-11,15H,12H2,1-4H3/t15-/m1/s1. The van der Waals surface area contributed by atoms with Crippen molar-refractivity contribution in [3.05, 3.63) is 65.0 Å². The number of benzene rings is 2. The van der Waals surface area contributed by atoms with Gasteiger partial charge in [0.2, 0.25) is 11.1 Å². The molecular formula is C20H22FN5OS. The van der Waals surface area contributed by atoms with E-state index >= 15 is 0 Å². The minimum absolute atomic E-state index is 0.0789. The molecule has 0 radical (unpaired) electrons. The first-order valence-corrected chi connectivity index (χ1v) is 9.76. The van der Waals surface area contributed by atoms with E-state index in [0.29, 0.717) is 11.7 Å². The van der Waals surface area contributed by atoms with Gasteiger partial charge in [-0.2, -0.15) is 4.68 Å². The van der Waals surface area contributed by atoms with Crippen molar-refractivity contribution in [1.29, 1.82) is 0 Å². The van der Waals surface area contributed by atoms with Crippen molar-refractivity contribution in [1.82, 2.24) is 25.1 Å². The third-order valence-corrected chi connectivity index (χ3v) is 5.58. The highest BCUT2D eigenvalue weighted by atomic mass is 32.2. The summed E-state index contributed by atoms with van der Waals surface area (Å²) < 4.78 is 15.0. The molecule has 0 unspecified atom stereocenters. The lowest BCUT2D eigenvalue weighted by molar-refractivity contribution is -0.129. The maximum Gasteiger partial charge on any atom is 0.235 e. The topological polar surface area (TPSA) is 63.9 Å². The zero-order valence-electron chi connectivity index (χ0n) is 16.3. The average Bonchev–Trinajstić information content (AvgIpc) is 3.11. The van der Waals surface area contributed by atoms with Crippen molar-refractivity contribution in [2.24, 2.45) is 0 Å². The Morgan fingerprint density at radius 2 is 2.00 bits per heavy atom. The van der Waals surface area contributed by atoms with E-state index in [1.165, 1.54) is 23.9 Å². The van der Waals surface area contributed by atoms with Gasteiger partial charge in [0.15, 0.2) is 0 Å². The van der Waals surface area contributed by atoms with Crippen LogP contribution in [0.1, 0.15) is 23.6 Å². The Morgan fingerprint density at radius 1 is 1.25 bits per heavy atom. The SMILES string of the molecule is Cc1cccc(-n2nnnc2S[C@H](C)C(=O)N(C)Cc2cccc(F)c2)c1C. The van der Waals surface area contributed by atoms with Crippen LogP contribution in [0.25, 0.3) is 5.69 Å². The Hall–Kier alpha value is -2.74. The second-order valence-corrected chi connectivity index (χ2v) is 7.98. The summed E-state index contributed by atoms with van der Waals surface area (Å²) in [6.45, 7) is 6.20. The number of carbonyl (C=O) groups is 1. The molecule has 0 bridgehead atoms. The first kappa shape index (κ1) is 20.0. The van der Waals surface area contributed by atoms with Gasteiger partial charge < -0.3 is 4.90 Å². The summed E-state index contributed by atoms with van der Waals surface area (Å²) in [6, 6.07) is 12.2. The number of hydrogen-bond donors (Lipinski definition) is 0.